The van der Waals surface area contributed by atoms with Crippen molar-refractivity contribution in [3.05, 3.63) is 59.4 Å². The molecule has 1 aliphatic heterocycles. The molecule has 0 spiro atoms. The summed E-state index contributed by atoms with van der Waals surface area (Å²) in [4.78, 5) is 15.5. The van der Waals surface area contributed by atoms with E-state index in [9.17, 15) is 18.0 Å². The van der Waals surface area contributed by atoms with Gasteiger partial charge in [-0.25, -0.2) is 13.2 Å². The van der Waals surface area contributed by atoms with Gasteiger partial charge in [0, 0.05) is 11.5 Å². The van der Waals surface area contributed by atoms with E-state index in [1.165, 1.54) is 31.0 Å². The Morgan fingerprint density at radius 3 is 2.26 bits per heavy atom. The molecule has 1 amide bonds. The summed E-state index contributed by atoms with van der Waals surface area (Å²) in [5.41, 5.74) is 7.82. The van der Waals surface area contributed by atoms with E-state index in [-0.39, 0.29) is 11.7 Å². The Hall–Kier alpha value is -2.80. The number of rotatable bonds is 4. The van der Waals surface area contributed by atoms with Crippen molar-refractivity contribution in [1.82, 2.24) is 9.88 Å². The molecule has 0 atom stereocenters. The first kappa shape index (κ1) is 21.4. The van der Waals surface area contributed by atoms with Crippen LogP contribution in [0.1, 0.15) is 43.6 Å². The molecule has 5 rings (SSSR count). The number of carbonyl (C=O) groups excluding carboxylic acids is 1. The van der Waals surface area contributed by atoms with Crippen molar-refractivity contribution in [3.63, 3.8) is 0 Å². The molecule has 1 aliphatic carbocycles. The van der Waals surface area contributed by atoms with Gasteiger partial charge in [-0.2, -0.15) is 0 Å². The average Bonchev–Trinajstić information content (AvgIpc) is 3.30. The number of aromatic amines is 1. The van der Waals surface area contributed by atoms with Crippen molar-refractivity contribution < 1.29 is 18.0 Å². The maximum atomic E-state index is 14.1. The number of nitrogens with one attached hydrogen (secondary N) is 1. The molecule has 1 saturated carbocycles. The molecular formula is C24H26F3N3O. The van der Waals surface area contributed by atoms with Crippen molar-refractivity contribution in [2.75, 3.05) is 19.6 Å². The van der Waals surface area contributed by atoms with Crippen molar-refractivity contribution in [2.45, 2.75) is 38.0 Å². The number of nitrogens with zero attached hydrogens (tertiary/aromatic N) is 1. The van der Waals surface area contributed by atoms with E-state index < -0.39 is 11.6 Å². The van der Waals surface area contributed by atoms with Crippen molar-refractivity contribution in [2.24, 2.45) is 5.73 Å². The van der Waals surface area contributed by atoms with Gasteiger partial charge in [0.2, 0.25) is 5.91 Å². The summed E-state index contributed by atoms with van der Waals surface area (Å²) < 4.78 is 40.8. The van der Waals surface area contributed by atoms with Gasteiger partial charge in [0.15, 0.2) is 0 Å². The van der Waals surface area contributed by atoms with Gasteiger partial charge < -0.3 is 10.7 Å². The van der Waals surface area contributed by atoms with E-state index in [0.29, 0.717) is 23.4 Å². The predicted molar refractivity (Wildman–Crippen MR) is 115 cm³/mol. The molecule has 0 unspecified atom stereocenters. The molecule has 1 aromatic heterocycles. The van der Waals surface area contributed by atoms with Gasteiger partial charge in [0.1, 0.15) is 17.5 Å². The van der Waals surface area contributed by atoms with Crippen LogP contribution < -0.4 is 5.73 Å². The van der Waals surface area contributed by atoms with Crippen LogP contribution in [-0.4, -0.2) is 35.4 Å². The fourth-order valence-electron chi connectivity index (χ4n) is 4.37. The van der Waals surface area contributed by atoms with E-state index in [1.807, 2.05) is 0 Å². The number of hydrogen-bond acceptors (Lipinski definition) is 2. The van der Waals surface area contributed by atoms with Crippen LogP contribution in [0.15, 0.2) is 36.4 Å². The number of hydrogen-bond donors (Lipinski definition) is 2. The fourth-order valence-corrected chi connectivity index (χ4v) is 4.37. The van der Waals surface area contributed by atoms with Gasteiger partial charge in [-0.15, -0.1) is 0 Å². The number of carbonyl (C=O) groups is 1. The number of H-pyrrole nitrogens is 1. The van der Waals surface area contributed by atoms with E-state index >= 15 is 0 Å². The second kappa shape index (κ2) is 9.14. The van der Waals surface area contributed by atoms with Crippen LogP contribution in [0, 0.1) is 17.5 Å². The van der Waals surface area contributed by atoms with Gasteiger partial charge in [0.05, 0.1) is 17.8 Å². The zero-order valence-electron chi connectivity index (χ0n) is 17.3. The number of fused-ring (bicyclic) bond motifs is 1. The number of benzene rings is 2. The van der Waals surface area contributed by atoms with Crippen molar-refractivity contribution in [1.29, 1.82) is 0 Å². The van der Waals surface area contributed by atoms with Crippen molar-refractivity contribution >= 4 is 16.8 Å². The lowest BCUT2D eigenvalue weighted by molar-refractivity contribution is -0.118. The summed E-state index contributed by atoms with van der Waals surface area (Å²) in [7, 11) is 0. The maximum Gasteiger partial charge on any atom is 0.231 e. The molecule has 3 N–H and O–H groups in total. The molecule has 4 nitrogen and oxygen atoms in total. The third-order valence-corrected chi connectivity index (χ3v) is 6.09. The zero-order chi connectivity index (χ0) is 22.0. The SMILES string of the molecule is Fc1ccc(-c2[nH]c3c(F)cc(F)cc3c2C2CCC2)cc1.NC(=O)CN1CCCC1. The van der Waals surface area contributed by atoms with E-state index in [2.05, 4.69) is 9.88 Å². The van der Waals surface area contributed by atoms with Crippen LogP contribution in [0.4, 0.5) is 13.2 Å². The third kappa shape index (κ3) is 4.77. The molecular weight excluding hydrogens is 403 g/mol. The number of aromatic nitrogens is 1. The molecule has 2 aromatic carbocycles. The van der Waals surface area contributed by atoms with Crippen LogP contribution in [-0.2, 0) is 4.79 Å². The first-order chi connectivity index (χ1) is 14.9. The Bertz CT molecular complexity index is 1070. The van der Waals surface area contributed by atoms with Crippen molar-refractivity contribution in [3.8, 4) is 11.3 Å². The summed E-state index contributed by atoms with van der Waals surface area (Å²) in [6.45, 7) is 2.53. The summed E-state index contributed by atoms with van der Waals surface area (Å²) in [6.07, 6.45) is 5.58. The molecule has 3 aromatic rings. The molecule has 0 bridgehead atoms. The molecule has 2 heterocycles. The predicted octanol–water partition coefficient (Wildman–Crippen LogP) is 5.09. The highest BCUT2D eigenvalue weighted by Crippen LogP contribution is 2.45. The maximum absolute atomic E-state index is 14.1. The molecule has 164 valence electrons. The number of halogens is 3. The lowest BCUT2D eigenvalue weighted by atomic mass is 9.78. The van der Waals surface area contributed by atoms with Crippen LogP contribution in [0.3, 0.4) is 0 Å². The molecule has 7 heteroatoms. The van der Waals surface area contributed by atoms with Crippen LogP contribution >= 0.6 is 0 Å². The highest BCUT2D eigenvalue weighted by Gasteiger charge is 2.27. The Labute approximate surface area is 179 Å². The largest absolute Gasteiger partial charge is 0.369 e. The zero-order valence-corrected chi connectivity index (χ0v) is 17.3. The molecule has 2 aliphatic rings. The molecule has 2 fully saturated rings. The Balaban J connectivity index is 0.000000217. The lowest BCUT2D eigenvalue weighted by Crippen LogP contribution is -2.31. The normalized spacial score (nSPS) is 16.7. The first-order valence-corrected chi connectivity index (χ1v) is 10.7. The summed E-state index contributed by atoms with van der Waals surface area (Å²) in [5.74, 6) is -1.40. The van der Waals surface area contributed by atoms with Crippen LogP contribution in [0.2, 0.25) is 0 Å². The van der Waals surface area contributed by atoms with E-state index in [0.717, 1.165) is 55.2 Å². The average molecular weight is 429 g/mol. The second-order valence-corrected chi connectivity index (χ2v) is 8.31. The minimum Gasteiger partial charge on any atom is -0.369 e. The number of amides is 1. The number of nitrogens with two attached hydrogens (primary N) is 1. The highest BCUT2D eigenvalue weighted by molar-refractivity contribution is 5.92. The number of primary amides is 1. The smallest absolute Gasteiger partial charge is 0.231 e. The van der Waals surface area contributed by atoms with Gasteiger partial charge in [-0.1, -0.05) is 6.42 Å². The molecule has 31 heavy (non-hydrogen) atoms. The summed E-state index contributed by atoms with van der Waals surface area (Å²) in [6, 6.07) is 8.35. The first-order valence-electron chi connectivity index (χ1n) is 10.7. The second-order valence-electron chi connectivity index (χ2n) is 8.31. The van der Waals surface area contributed by atoms with E-state index in [4.69, 9.17) is 5.73 Å². The Morgan fingerprint density at radius 2 is 1.68 bits per heavy atom. The van der Waals surface area contributed by atoms with Gasteiger partial charge >= 0.3 is 0 Å². The van der Waals surface area contributed by atoms with Crippen LogP contribution in [0.5, 0.6) is 0 Å². The third-order valence-electron chi connectivity index (χ3n) is 6.09. The minimum atomic E-state index is -0.594. The monoisotopic (exact) mass is 429 g/mol. The fraction of sp³-hybridized carbons (Fsp3) is 0.375. The molecule has 0 radical (unpaired) electrons. The van der Waals surface area contributed by atoms with Gasteiger partial charge in [-0.05, 0) is 86.1 Å². The van der Waals surface area contributed by atoms with Crippen LogP contribution in [0.25, 0.3) is 22.2 Å². The highest BCUT2D eigenvalue weighted by atomic mass is 19.1. The Kier molecular flexibility index (Phi) is 6.32. The number of likely N-dealkylation sites (tertiary alicyclic amines) is 1. The molecule has 1 saturated heterocycles. The summed E-state index contributed by atoms with van der Waals surface area (Å²) >= 11 is 0. The van der Waals surface area contributed by atoms with Gasteiger partial charge in [0.25, 0.3) is 0 Å². The topological polar surface area (TPSA) is 62.1 Å². The standard InChI is InChI=1S/C18H14F3N.C6H12N2O/c19-12-6-4-11(5-7-12)17-16(10-2-1-3-10)14-8-13(20)9-15(21)18(14)22-17;7-6(9)5-8-3-1-2-4-8/h4-10,22H,1-3H2;1-5H2,(H2,7,9). The summed E-state index contributed by atoms with van der Waals surface area (Å²) in [5, 5.41) is 0.599. The van der Waals surface area contributed by atoms with Gasteiger partial charge in [-0.3, -0.25) is 9.69 Å². The van der Waals surface area contributed by atoms with E-state index in [1.54, 1.807) is 12.1 Å². The Morgan fingerprint density at radius 1 is 1.00 bits per heavy atom. The lowest BCUT2D eigenvalue weighted by Gasteiger charge is -2.26. The quantitative estimate of drug-likeness (QED) is 0.607. The minimum absolute atomic E-state index is 0.211.